The summed E-state index contributed by atoms with van der Waals surface area (Å²) in [5, 5.41) is 13.3. The van der Waals surface area contributed by atoms with Crippen molar-refractivity contribution in [3.63, 3.8) is 0 Å². The second-order valence-electron chi connectivity index (χ2n) is 5.07. The number of benzene rings is 1. The van der Waals surface area contributed by atoms with Gasteiger partial charge in [0.15, 0.2) is 0 Å². The third-order valence-electron chi connectivity index (χ3n) is 3.31. The van der Waals surface area contributed by atoms with Gasteiger partial charge in [-0.3, -0.25) is 0 Å². The van der Waals surface area contributed by atoms with Crippen LogP contribution in [0.15, 0.2) is 18.2 Å². The largest absolute Gasteiger partial charge is 0.493 e. The maximum Gasteiger partial charge on any atom is 0.123 e. The molecule has 0 radical (unpaired) electrons. The maximum atomic E-state index is 10.0. The first-order chi connectivity index (χ1) is 8.61. The lowest BCUT2D eigenvalue weighted by Gasteiger charge is -2.36. The molecule has 0 atom stereocenters. The van der Waals surface area contributed by atoms with Crippen molar-refractivity contribution in [1.82, 2.24) is 0 Å². The zero-order valence-corrected chi connectivity index (χ0v) is 10.9. The molecule has 1 aromatic rings. The van der Waals surface area contributed by atoms with E-state index in [-0.39, 0.29) is 0 Å². The SMILES string of the molecule is CCCOc1cc(N)cc(NCC2(O)CCC2)c1. The van der Waals surface area contributed by atoms with Crippen LogP contribution in [0.3, 0.4) is 0 Å². The minimum Gasteiger partial charge on any atom is -0.493 e. The predicted octanol–water partition coefficient (Wildman–Crippen LogP) is 2.38. The average Bonchev–Trinajstić information content (AvgIpc) is 2.31. The van der Waals surface area contributed by atoms with Crippen molar-refractivity contribution in [2.45, 2.75) is 38.2 Å². The third kappa shape index (κ3) is 3.29. The average molecular weight is 250 g/mol. The van der Waals surface area contributed by atoms with Crippen LogP contribution in [0.5, 0.6) is 5.75 Å². The summed E-state index contributed by atoms with van der Waals surface area (Å²) in [6, 6.07) is 5.60. The summed E-state index contributed by atoms with van der Waals surface area (Å²) in [6.45, 7) is 3.33. The molecular formula is C14H22N2O2. The summed E-state index contributed by atoms with van der Waals surface area (Å²) in [6.07, 6.45) is 3.83. The van der Waals surface area contributed by atoms with Gasteiger partial charge in [0.1, 0.15) is 5.75 Å². The van der Waals surface area contributed by atoms with Crippen molar-refractivity contribution in [3.05, 3.63) is 18.2 Å². The number of hydrogen-bond acceptors (Lipinski definition) is 4. The second kappa shape index (κ2) is 5.48. The number of ether oxygens (including phenoxy) is 1. The maximum absolute atomic E-state index is 10.0. The summed E-state index contributed by atoms with van der Waals surface area (Å²) < 4.78 is 5.57. The van der Waals surface area contributed by atoms with Crippen LogP contribution in [0.2, 0.25) is 0 Å². The van der Waals surface area contributed by atoms with Crippen molar-refractivity contribution in [3.8, 4) is 5.75 Å². The highest BCUT2D eigenvalue weighted by Crippen LogP contribution is 2.32. The molecule has 0 aliphatic heterocycles. The molecule has 18 heavy (non-hydrogen) atoms. The number of nitrogens with one attached hydrogen (secondary N) is 1. The molecule has 1 fully saturated rings. The van der Waals surface area contributed by atoms with Crippen LogP contribution < -0.4 is 15.8 Å². The highest BCUT2D eigenvalue weighted by molar-refractivity contribution is 5.59. The molecule has 4 heteroatoms. The molecule has 100 valence electrons. The van der Waals surface area contributed by atoms with Crippen molar-refractivity contribution in [2.24, 2.45) is 0 Å². The molecule has 0 heterocycles. The Morgan fingerprint density at radius 1 is 1.39 bits per heavy atom. The van der Waals surface area contributed by atoms with Gasteiger partial charge in [-0.2, -0.15) is 0 Å². The summed E-state index contributed by atoms with van der Waals surface area (Å²) in [4.78, 5) is 0. The van der Waals surface area contributed by atoms with Gasteiger partial charge in [0.25, 0.3) is 0 Å². The minimum atomic E-state index is -0.533. The first-order valence-electron chi connectivity index (χ1n) is 6.61. The van der Waals surface area contributed by atoms with E-state index in [2.05, 4.69) is 12.2 Å². The first-order valence-corrected chi connectivity index (χ1v) is 6.61. The molecule has 1 aromatic carbocycles. The van der Waals surface area contributed by atoms with E-state index in [1.165, 1.54) is 0 Å². The summed E-state index contributed by atoms with van der Waals surface area (Å²) in [5.41, 5.74) is 6.88. The summed E-state index contributed by atoms with van der Waals surface area (Å²) in [7, 11) is 0. The van der Waals surface area contributed by atoms with Crippen molar-refractivity contribution in [2.75, 3.05) is 24.2 Å². The normalized spacial score (nSPS) is 17.0. The van der Waals surface area contributed by atoms with Gasteiger partial charge in [-0.05, 0) is 31.7 Å². The molecule has 0 bridgehead atoms. The van der Waals surface area contributed by atoms with Gasteiger partial charge in [-0.15, -0.1) is 0 Å². The molecule has 0 aromatic heterocycles. The van der Waals surface area contributed by atoms with Gasteiger partial charge in [-0.1, -0.05) is 6.92 Å². The molecule has 4 N–H and O–H groups in total. The van der Waals surface area contributed by atoms with Crippen molar-refractivity contribution in [1.29, 1.82) is 0 Å². The number of nitrogens with two attached hydrogens (primary N) is 1. The van der Waals surface area contributed by atoms with Crippen LogP contribution in [-0.4, -0.2) is 23.9 Å². The van der Waals surface area contributed by atoms with E-state index in [4.69, 9.17) is 10.5 Å². The zero-order chi connectivity index (χ0) is 13.0. The minimum absolute atomic E-state index is 0.533. The molecule has 1 saturated carbocycles. The fourth-order valence-corrected chi connectivity index (χ4v) is 2.06. The Hall–Kier alpha value is -1.42. The molecular weight excluding hydrogens is 228 g/mol. The van der Waals surface area contributed by atoms with E-state index < -0.39 is 5.60 Å². The van der Waals surface area contributed by atoms with E-state index in [9.17, 15) is 5.11 Å². The van der Waals surface area contributed by atoms with Gasteiger partial charge in [0.05, 0.1) is 12.2 Å². The quantitative estimate of drug-likeness (QED) is 0.678. The van der Waals surface area contributed by atoms with E-state index in [1.54, 1.807) is 0 Å². The molecule has 2 rings (SSSR count). The van der Waals surface area contributed by atoms with E-state index in [0.717, 1.165) is 37.1 Å². The van der Waals surface area contributed by atoms with E-state index in [1.807, 2.05) is 18.2 Å². The Morgan fingerprint density at radius 3 is 2.78 bits per heavy atom. The molecule has 1 aliphatic carbocycles. The van der Waals surface area contributed by atoms with Gasteiger partial charge < -0.3 is 20.9 Å². The predicted molar refractivity (Wildman–Crippen MR) is 73.9 cm³/mol. The van der Waals surface area contributed by atoms with Crippen LogP contribution in [0, 0.1) is 0 Å². The van der Waals surface area contributed by atoms with Gasteiger partial charge in [0.2, 0.25) is 0 Å². The summed E-state index contributed by atoms with van der Waals surface area (Å²) in [5.74, 6) is 0.778. The lowest BCUT2D eigenvalue weighted by molar-refractivity contribution is -0.0202. The molecule has 0 saturated heterocycles. The molecule has 0 spiro atoms. The molecule has 4 nitrogen and oxygen atoms in total. The molecule has 0 unspecified atom stereocenters. The first kappa shape index (κ1) is 13.0. The number of nitrogen functional groups attached to an aromatic ring is 1. The number of aliphatic hydroxyl groups is 1. The Bertz CT molecular complexity index is 403. The Balaban J connectivity index is 1.96. The molecule has 0 amide bonds. The standard InChI is InChI=1S/C14H22N2O2/c1-2-6-18-13-8-11(15)7-12(9-13)16-10-14(17)4-3-5-14/h7-9,16-17H,2-6,10,15H2,1H3. The van der Waals surface area contributed by atoms with E-state index in [0.29, 0.717) is 18.8 Å². The van der Waals surface area contributed by atoms with Gasteiger partial charge >= 0.3 is 0 Å². The highest BCUT2D eigenvalue weighted by Gasteiger charge is 2.33. The van der Waals surface area contributed by atoms with Crippen molar-refractivity contribution < 1.29 is 9.84 Å². The fraction of sp³-hybridized carbons (Fsp3) is 0.571. The second-order valence-corrected chi connectivity index (χ2v) is 5.07. The lowest BCUT2D eigenvalue weighted by atomic mass is 9.80. The molecule has 1 aliphatic rings. The number of hydrogen-bond donors (Lipinski definition) is 3. The monoisotopic (exact) mass is 250 g/mol. The topological polar surface area (TPSA) is 67.5 Å². The van der Waals surface area contributed by atoms with Crippen LogP contribution in [0.4, 0.5) is 11.4 Å². The Morgan fingerprint density at radius 2 is 2.17 bits per heavy atom. The van der Waals surface area contributed by atoms with Crippen molar-refractivity contribution >= 4 is 11.4 Å². The summed E-state index contributed by atoms with van der Waals surface area (Å²) >= 11 is 0. The van der Waals surface area contributed by atoms with E-state index >= 15 is 0 Å². The number of anilines is 2. The highest BCUT2D eigenvalue weighted by atomic mass is 16.5. The van der Waals surface area contributed by atoms with Crippen LogP contribution in [-0.2, 0) is 0 Å². The number of rotatable bonds is 6. The fourth-order valence-electron chi connectivity index (χ4n) is 2.06. The van der Waals surface area contributed by atoms with Crippen LogP contribution in [0.25, 0.3) is 0 Å². The third-order valence-corrected chi connectivity index (χ3v) is 3.31. The van der Waals surface area contributed by atoms with Gasteiger partial charge in [-0.25, -0.2) is 0 Å². The van der Waals surface area contributed by atoms with Gasteiger partial charge in [0, 0.05) is 30.1 Å². The Labute approximate surface area is 108 Å². The Kier molecular flexibility index (Phi) is 3.97. The zero-order valence-electron chi connectivity index (χ0n) is 10.9. The smallest absolute Gasteiger partial charge is 0.123 e. The van der Waals surface area contributed by atoms with Crippen LogP contribution in [0.1, 0.15) is 32.6 Å². The van der Waals surface area contributed by atoms with Crippen LogP contribution >= 0.6 is 0 Å². The lowest BCUT2D eigenvalue weighted by Crippen LogP contribution is -2.43.